The quantitative estimate of drug-likeness (QED) is 0.505. The van der Waals surface area contributed by atoms with Crippen LogP contribution in [0.1, 0.15) is 16.7 Å². The Hall–Kier alpha value is -2.51. The van der Waals surface area contributed by atoms with Crippen molar-refractivity contribution in [3.63, 3.8) is 0 Å². The molecule has 3 nitrogen and oxygen atoms in total. The third kappa shape index (κ3) is 2.88. The smallest absolute Gasteiger partial charge is 0.115 e. The Balaban J connectivity index is 2.21. The Morgan fingerprint density at radius 3 is 0.913 bits per heavy atom. The van der Waals surface area contributed by atoms with Crippen LogP contribution >= 0.6 is 9.24 Å². The molecule has 23 heavy (non-hydrogen) atoms. The molecule has 0 amide bonds. The fraction of sp³-hybridized carbons (Fsp3) is 0.0526. The minimum absolute atomic E-state index is 0.206. The summed E-state index contributed by atoms with van der Waals surface area (Å²) in [5.41, 5.74) is 2.91. The number of aromatic hydroxyl groups is 3. The maximum atomic E-state index is 9.56. The van der Waals surface area contributed by atoms with Gasteiger partial charge in [0, 0.05) is 0 Å². The highest BCUT2D eigenvalue weighted by atomic mass is 31.0. The van der Waals surface area contributed by atoms with Crippen molar-refractivity contribution in [2.75, 3.05) is 0 Å². The molecule has 4 heteroatoms. The van der Waals surface area contributed by atoms with E-state index in [9.17, 15) is 15.3 Å². The van der Waals surface area contributed by atoms with E-state index in [2.05, 4.69) is 9.24 Å². The molecule has 0 aromatic heterocycles. The summed E-state index contributed by atoms with van der Waals surface area (Å²) in [4.78, 5) is 0. The highest BCUT2D eigenvalue weighted by Crippen LogP contribution is 2.45. The number of benzene rings is 3. The molecule has 3 aromatic rings. The van der Waals surface area contributed by atoms with E-state index in [-0.39, 0.29) is 17.2 Å². The Bertz CT molecular complexity index is 683. The molecule has 0 radical (unpaired) electrons. The second-order valence-electron chi connectivity index (χ2n) is 5.45. The van der Waals surface area contributed by atoms with Crippen LogP contribution in [0.4, 0.5) is 0 Å². The fourth-order valence-electron chi connectivity index (χ4n) is 2.67. The van der Waals surface area contributed by atoms with Gasteiger partial charge in [-0.15, -0.1) is 9.24 Å². The molecular weight excluding hydrogens is 307 g/mol. The number of phenolic OH excluding ortho intramolecular Hbond substituents is 3. The van der Waals surface area contributed by atoms with E-state index in [0.717, 1.165) is 16.7 Å². The van der Waals surface area contributed by atoms with Gasteiger partial charge in [0.2, 0.25) is 0 Å². The Morgan fingerprint density at radius 1 is 0.478 bits per heavy atom. The lowest BCUT2D eigenvalue weighted by molar-refractivity contribution is 0.475. The molecule has 0 aliphatic carbocycles. The molecule has 1 unspecified atom stereocenters. The molecule has 0 heterocycles. The van der Waals surface area contributed by atoms with Crippen molar-refractivity contribution in [3.8, 4) is 17.2 Å². The minimum atomic E-state index is -0.560. The summed E-state index contributed by atoms with van der Waals surface area (Å²) in [5, 5.41) is 28.1. The lowest BCUT2D eigenvalue weighted by Crippen LogP contribution is -2.21. The monoisotopic (exact) mass is 324 g/mol. The summed E-state index contributed by atoms with van der Waals surface area (Å²) >= 11 is 0. The largest absolute Gasteiger partial charge is 0.508 e. The first-order chi connectivity index (χ1) is 11.0. The van der Waals surface area contributed by atoms with Crippen molar-refractivity contribution in [2.45, 2.75) is 5.16 Å². The van der Waals surface area contributed by atoms with Crippen LogP contribution in [0.15, 0.2) is 72.8 Å². The van der Waals surface area contributed by atoms with Crippen LogP contribution in [-0.4, -0.2) is 15.3 Å². The van der Waals surface area contributed by atoms with Crippen molar-refractivity contribution < 1.29 is 15.3 Å². The van der Waals surface area contributed by atoms with Gasteiger partial charge in [-0.3, -0.25) is 0 Å². The van der Waals surface area contributed by atoms with E-state index < -0.39 is 5.16 Å². The van der Waals surface area contributed by atoms with Gasteiger partial charge in [-0.05, 0) is 53.1 Å². The van der Waals surface area contributed by atoms with Gasteiger partial charge < -0.3 is 15.3 Å². The number of phenols is 3. The normalized spacial score (nSPS) is 11.3. The van der Waals surface area contributed by atoms with Crippen LogP contribution < -0.4 is 0 Å². The van der Waals surface area contributed by atoms with Crippen molar-refractivity contribution in [3.05, 3.63) is 89.5 Å². The summed E-state index contributed by atoms with van der Waals surface area (Å²) < 4.78 is 0. The second-order valence-corrected chi connectivity index (χ2v) is 6.31. The summed E-state index contributed by atoms with van der Waals surface area (Å²) in [7, 11) is 2.86. The van der Waals surface area contributed by atoms with Crippen LogP contribution in [0.25, 0.3) is 0 Å². The molecule has 3 aromatic carbocycles. The standard InChI is InChI=1S/C19H17O3P/c20-16-7-1-13(2-8-16)19(23,14-3-9-17(21)10-4-14)15-5-11-18(22)12-6-15/h1-12,20-22H,23H2. The molecule has 3 rings (SSSR count). The molecule has 0 bridgehead atoms. The first-order valence-corrected chi connectivity index (χ1v) is 7.75. The molecule has 0 saturated heterocycles. The maximum Gasteiger partial charge on any atom is 0.115 e. The van der Waals surface area contributed by atoms with Crippen molar-refractivity contribution in [2.24, 2.45) is 0 Å². The Kier molecular flexibility index (Phi) is 3.97. The van der Waals surface area contributed by atoms with E-state index in [0.29, 0.717) is 0 Å². The Morgan fingerprint density at radius 2 is 0.696 bits per heavy atom. The van der Waals surface area contributed by atoms with E-state index in [1.54, 1.807) is 36.4 Å². The first-order valence-electron chi connectivity index (χ1n) is 7.17. The lowest BCUT2D eigenvalue weighted by Gasteiger charge is -2.31. The number of hydrogen-bond donors (Lipinski definition) is 3. The van der Waals surface area contributed by atoms with Gasteiger partial charge >= 0.3 is 0 Å². The lowest BCUT2D eigenvalue weighted by atomic mass is 9.84. The highest BCUT2D eigenvalue weighted by molar-refractivity contribution is 7.19. The molecule has 0 saturated carbocycles. The molecule has 3 N–H and O–H groups in total. The zero-order valence-electron chi connectivity index (χ0n) is 12.3. The zero-order chi connectivity index (χ0) is 16.4. The fourth-order valence-corrected chi connectivity index (χ4v) is 3.25. The van der Waals surface area contributed by atoms with Gasteiger partial charge in [0.25, 0.3) is 0 Å². The molecule has 116 valence electrons. The van der Waals surface area contributed by atoms with Gasteiger partial charge in [0.15, 0.2) is 0 Å². The van der Waals surface area contributed by atoms with Gasteiger partial charge in [-0.2, -0.15) is 0 Å². The highest BCUT2D eigenvalue weighted by Gasteiger charge is 2.31. The molecular formula is C19H17O3P. The van der Waals surface area contributed by atoms with Gasteiger partial charge in [0.1, 0.15) is 17.2 Å². The summed E-state index contributed by atoms with van der Waals surface area (Å²) in [6, 6.07) is 21.1. The van der Waals surface area contributed by atoms with Crippen LogP contribution in [0, 0.1) is 0 Å². The second kappa shape index (κ2) is 5.94. The molecule has 0 aliphatic heterocycles. The van der Waals surface area contributed by atoms with Gasteiger partial charge in [-0.25, -0.2) is 0 Å². The maximum absolute atomic E-state index is 9.56. The van der Waals surface area contributed by atoms with Crippen LogP contribution in [0.2, 0.25) is 0 Å². The van der Waals surface area contributed by atoms with E-state index in [4.69, 9.17) is 0 Å². The molecule has 0 spiro atoms. The summed E-state index contributed by atoms with van der Waals surface area (Å²) in [6.45, 7) is 0. The van der Waals surface area contributed by atoms with Crippen LogP contribution in [-0.2, 0) is 5.16 Å². The minimum Gasteiger partial charge on any atom is -0.508 e. The van der Waals surface area contributed by atoms with Gasteiger partial charge in [0.05, 0.1) is 5.16 Å². The van der Waals surface area contributed by atoms with E-state index in [1.807, 2.05) is 36.4 Å². The van der Waals surface area contributed by atoms with Crippen LogP contribution in [0.3, 0.4) is 0 Å². The SMILES string of the molecule is Oc1ccc(C(P)(c2ccc(O)cc2)c2ccc(O)cc2)cc1. The van der Waals surface area contributed by atoms with Crippen molar-refractivity contribution in [1.29, 1.82) is 0 Å². The average Bonchev–Trinajstić information content (AvgIpc) is 2.56. The van der Waals surface area contributed by atoms with E-state index in [1.165, 1.54) is 0 Å². The molecule has 0 aliphatic rings. The summed E-state index contributed by atoms with van der Waals surface area (Å²) in [5.74, 6) is 0.618. The molecule has 1 atom stereocenters. The number of rotatable bonds is 3. The first kappa shape index (κ1) is 15.4. The topological polar surface area (TPSA) is 60.7 Å². The molecule has 0 fully saturated rings. The van der Waals surface area contributed by atoms with Crippen LogP contribution in [0.5, 0.6) is 17.2 Å². The summed E-state index contributed by atoms with van der Waals surface area (Å²) in [6.07, 6.45) is 0. The third-order valence-corrected chi connectivity index (χ3v) is 4.97. The number of hydrogen-bond acceptors (Lipinski definition) is 3. The van der Waals surface area contributed by atoms with Crippen molar-refractivity contribution in [1.82, 2.24) is 0 Å². The predicted octanol–water partition coefficient (Wildman–Crippen LogP) is 3.97. The van der Waals surface area contributed by atoms with Gasteiger partial charge in [-0.1, -0.05) is 36.4 Å². The Labute approximate surface area is 137 Å². The third-order valence-electron chi connectivity index (χ3n) is 3.97. The zero-order valence-corrected chi connectivity index (χ0v) is 13.5. The average molecular weight is 324 g/mol. The van der Waals surface area contributed by atoms with Crippen molar-refractivity contribution >= 4 is 9.24 Å². The van der Waals surface area contributed by atoms with E-state index >= 15 is 0 Å². The predicted molar refractivity (Wildman–Crippen MR) is 93.9 cm³/mol.